The fraction of sp³-hybridized carbons (Fsp3) is 0.588. The third-order valence-electron chi connectivity index (χ3n) is 4.01. The fourth-order valence-corrected chi connectivity index (χ4v) is 2.96. The molecule has 0 saturated heterocycles. The van der Waals surface area contributed by atoms with Crippen molar-refractivity contribution in [2.24, 2.45) is 5.92 Å². The zero-order valence-electron chi connectivity index (χ0n) is 12.3. The molecule has 1 aromatic carbocycles. The maximum atomic E-state index is 12.3. The zero-order chi connectivity index (χ0) is 14.2. The number of benzene rings is 1. The first kappa shape index (κ1) is 14.9. The van der Waals surface area contributed by atoms with E-state index in [1.807, 2.05) is 37.3 Å². The Hall–Kier alpha value is -1.51. The number of carbonyl (C=O) groups is 1. The van der Waals surface area contributed by atoms with Crippen molar-refractivity contribution in [3.63, 3.8) is 0 Å². The molecule has 1 aliphatic carbocycles. The molecule has 2 rings (SSSR count). The summed E-state index contributed by atoms with van der Waals surface area (Å²) in [6, 6.07) is 9.74. The quantitative estimate of drug-likeness (QED) is 0.652. The number of ether oxygens (including phenoxy) is 1. The van der Waals surface area contributed by atoms with Crippen molar-refractivity contribution >= 4 is 11.7 Å². The molecule has 110 valence electrons. The maximum absolute atomic E-state index is 12.3. The molecule has 20 heavy (non-hydrogen) atoms. The van der Waals surface area contributed by atoms with Crippen LogP contribution in [0.3, 0.4) is 0 Å². The van der Waals surface area contributed by atoms with Crippen LogP contribution in [0.4, 0.5) is 5.69 Å². The van der Waals surface area contributed by atoms with Gasteiger partial charge in [-0.2, -0.15) is 0 Å². The smallest absolute Gasteiger partial charge is 0.328 e. The van der Waals surface area contributed by atoms with Gasteiger partial charge in [-0.1, -0.05) is 43.9 Å². The first-order valence-electron chi connectivity index (χ1n) is 7.79. The number of hydrogen-bond acceptors (Lipinski definition) is 3. The van der Waals surface area contributed by atoms with Crippen LogP contribution in [0.15, 0.2) is 30.3 Å². The van der Waals surface area contributed by atoms with Gasteiger partial charge in [0, 0.05) is 5.69 Å². The summed E-state index contributed by atoms with van der Waals surface area (Å²) in [7, 11) is 0. The topological polar surface area (TPSA) is 38.3 Å². The van der Waals surface area contributed by atoms with Crippen molar-refractivity contribution in [1.82, 2.24) is 0 Å². The molecule has 0 amide bonds. The Morgan fingerprint density at radius 1 is 1.20 bits per heavy atom. The number of para-hydroxylation sites is 1. The Morgan fingerprint density at radius 2 is 1.85 bits per heavy atom. The lowest BCUT2D eigenvalue weighted by Crippen LogP contribution is -2.38. The Balaban J connectivity index is 2.08. The zero-order valence-corrected chi connectivity index (χ0v) is 12.3. The number of esters is 1. The molecule has 1 N–H and O–H groups in total. The number of anilines is 1. The molecule has 1 fully saturated rings. The molecule has 0 spiro atoms. The van der Waals surface area contributed by atoms with E-state index in [1.165, 1.54) is 25.7 Å². The minimum absolute atomic E-state index is 0.108. The molecular weight excluding hydrogens is 250 g/mol. The van der Waals surface area contributed by atoms with Crippen LogP contribution in [0.1, 0.15) is 45.4 Å². The van der Waals surface area contributed by atoms with Crippen molar-refractivity contribution in [3.8, 4) is 0 Å². The molecule has 1 atom stereocenters. The second-order valence-electron chi connectivity index (χ2n) is 5.49. The van der Waals surface area contributed by atoms with Gasteiger partial charge in [-0.15, -0.1) is 0 Å². The van der Waals surface area contributed by atoms with E-state index in [0.29, 0.717) is 12.5 Å². The summed E-state index contributed by atoms with van der Waals surface area (Å²) in [6.07, 6.45) is 7.25. The van der Waals surface area contributed by atoms with Gasteiger partial charge >= 0.3 is 5.97 Å². The van der Waals surface area contributed by atoms with Gasteiger partial charge in [-0.3, -0.25) is 0 Å². The minimum atomic E-state index is -0.213. The molecule has 0 heterocycles. The largest absolute Gasteiger partial charge is 0.464 e. The lowest BCUT2D eigenvalue weighted by atomic mass is 9.91. The average Bonchev–Trinajstić information content (AvgIpc) is 2.75. The van der Waals surface area contributed by atoms with E-state index in [1.54, 1.807) is 0 Å². The van der Waals surface area contributed by atoms with Crippen molar-refractivity contribution in [2.45, 2.75) is 51.5 Å². The fourth-order valence-electron chi connectivity index (χ4n) is 2.96. The highest BCUT2D eigenvalue weighted by Crippen LogP contribution is 2.28. The van der Waals surface area contributed by atoms with Crippen LogP contribution in [0.5, 0.6) is 0 Å². The molecule has 1 saturated carbocycles. The Bertz CT molecular complexity index is 397. The van der Waals surface area contributed by atoms with Gasteiger partial charge in [0.05, 0.1) is 6.61 Å². The van der Waals surface area contributed by atoms with Gasteiger partial charge in [0.25, 0.3) is 0 Å². The average molecular weight is 275 g/mol. The number of carbonyl (C=O) groups excluding carboxylic acids is 1. The first-order valence-corrected chi connectivity index (χ1v) is 7.79. The van der Waals surface area contributed by atoms with Crippen molar-refractivity contribution in [1.29, 1.82) is 0 Å². The summed E-state index contributed by atoms with van der Waals surface area (Å²) < 4.78 is 5.27. The monoisotopic (exact) mass is 275 g/mol. The lowest BCUT2D eigenvalue weighted by Gasteiger charge is -2.26. The van der Waals surface area contributed by atoms with E-state index in [0.717, 1.165) is 18.5 Å². The van der Waals surface area contributed by atoms with E-state index in [4.69, 9.17) is 4.74 Å². The van der Waals surface area contributed by atoms with Crippen molar-refractivity contribution in [3.05, 3.63) is 30.3 Å². The van der Waals surface area contributed by atoms with Crippen LogP contribution < -0.4 is 5.32 Å². The molecule has 3 heteroatoms. The van der Waals surface area contributed by atoms with Gasteiger partial charge in [0.2, 0.25) is 0 Å². The van der Waals surface area contributed by atoms with Crippen LogP contribution in [-0.4, -0.2) is 18.6 Å². The predicted octanol–water partition coefficient (Wildman–Crippen LogP) is 4.00. The molecule has 0 aliphatic heterocycles. The molecule has 1 unspecified atom stereocenters. The van der Waals surface area contributed by atoms with Crippen LogP contribution >= 0.6 is 0 Å². The highest BCUT2D eigenvalue weighted by Gasteiger charge is 2.29. The SMILES string of the molecule is CCOC(=O)C(Nc1ccccc1)C1CCCCCC1. The summed E-state index contributed by atoms with van der Waals surface area (Å²) in [6.45, 7) is 2.31. The highest BCUT2D eigenvalue weighted by atomic mass is 16.5. The van der Waals surface area contributed by atoms with E-state index in [2.05, 4.69) is 5.32 Å². The van der Waals surface area contributed by atoms with Gasteiger partial charge in [-0.05, 0) is 37.8 Å². The second-order valence-corrected chi connectivity index (χ2v) is 5.49. The summed E-state index contributed by atoms with van der Waals surface area (Å²) in [5, 5.41) is 3.39. The molecule has 0 bridgehead atoms. The van der Waals surface area contributed by atoms with Gasteiger partial charge in [-0.25, -0.2) is 4.79 Å². The Kier molecular flexibility index (Phi) is 5.90. The number of rotatable bonds is 5. The van der Waals surface area contributed by atoms with Crippen molar-refractivity contribution < 1.29 is 9.53 Å². The summed E-state index contributed by atoms with van der Waals surface area (Å²) in [5.41, 5.74) is 0.995. The number of hydrogen-bond donors (Lipinski definition) is 1. The molecule has 0 aromatic heterocycles. The standard InChI is InChI=1S/C17H25NO2/c1-2-20-17(19)16(14-10-6-3-4-7-11-14)18-15-12-8-5-9-13-15/h5,8-9,12-14,16,18H,2-4,6-7,10-11H2,1H3. The summed E-state index contributed by atoms with van der Waals surface area (Å²) >= 11 is 0. The molecule has 1 aromatic rings. The molecular formula is C17H25NO2. The Labute approximate surface area is 121 Å². The van der Waals surface area contributed by atoms with Gasteiger partial charge in [0.1, 0.15) is 6.04 Å². The molecule has 3 nitrogen and oxygen atoms in total. The first-order chi connectivity index (χ1) is 9.81. The molecule has 1 aliphatic rings. The van der Waals surface area contributed by atoms with E-state index >= 15 is 0 Å². The summed E-state index contributed by atoms with van der Waals surface area (Å²) in [4.78, 5) is 12.3. The number of nitrogens with one attached hydrogen (secondary N) is 1. The molecule has 0 radical (unpaired) electrons. The maximum Gasteiger partial charge on any atom is 0.328 e. The van der Waals surface area contributed by atoms with Gasteiger partial charge in [0.15, 0.2) is 0 Å². The Morgan fingerprint density at radius 3 is 2.45 bits per heavy atom. The summed E-state index contributed by atoms with van der Waals surface area (Å²) in [5.74, 6) is 0.278. The third kappa shape index (κ3) is 4.26. The third-order valence-corrected chi connectivity index (χ3v) is 4.01. The van der Waals surface area contributed by atoms with Crippen LogP contribution in [0.25, 0.3) is 0 Å². The minimum Gasteiger partial charge on any atom is -0.464 e. The van der Waals surface area contributed by atoms with Crippen molar-refractivity contribution in [2.75, 3.05) is 11.9 Å². The van der Waals surface area contributed by atoms with E-state index < -0.39 is 0 Å². The predicted molar refractivity (Wildman–Crippen MR) is 81.7 cm³/mol. The second kappa shape index (κ2) is 7.93. The van der Waals surface area contributed by atoms with E-state index in [9.17, 15) is 4.79 Å². The normalized spacial score (nSPS) is 18.1. The van der Waals surface area contributed by atoms with E-state index in [-0.39, 0.29) is 12.0 Å². The van der Waals surface area contributed by atoms with Gasteiger partial charge < -0.3 is 10.1 Å². The van der Waals surface area contributed by atoms with Crippen LogP contribution in [0.2, 0.25) is 0 Å². The highest BCUT2D eigenvalue weighted by molar-refractivity contribution is 5.79. The lowest BCUT2D eigenvalue weighted by molar-refractivity contribution is -0.145. The van der Waals surface area contributed by atoms with Crippen LogP contribution in [0, 0.1) is 5.92 Å². The van der Waals surface area contributed by atoms with Crippen LogP contribution in [-0.2, 0) is 9.53 Å².